The van der Waals surface area contributed by atoms with Crippen molar-refractivity contribution in [1.82, 2.24) is 19.5 Å². The van der Waals surface area contributed by atoms with E-state index >= 15 is 0 Å². The Morgan fingerprint density at radius 1 is 1.17 bits per heavy atom. The molecule has 2 heterocycles. The van der Waals surface area contributed by atoms with E-state index in [0.29, 0.717) is 22.1 Å². The van der Waals surface area contributed by atoms with Gasteiger partial charge in [0.25, 0.3) is 10.0 Å². The summed E-state index contributed by atoms with van der Waals surface area (Å²) in [6, 6.07) is 12.5. The lowest BCUT2D eigenvalue weighted by Crippen LogP contribution is -2.30. The number of thiazole rings is 1. The summed E-state index contributed by atoms with van der Waals surface area (Å²) >= 11 is 13.4. The molecule has 180 valence electrons. The number of para-hydroxylation sites is 1. The Kier molecular flexibility index (Phi) is 6.67. The molecule has 0 unspecified atom stereocenters. The molecule has 4 aromatic rings. The maximum Gasteiger partial charge on any atom is 0.291 e. The molecular formula is C24H20Cl2N4O3S2. The minimum Gasteiger partial charge on any atom is -0.274 e. The molecule has 0 fully saturated rings. The second-order valence-corrected chi connectivity index (χ2v) is 11.9. The number of sulfonamides is 1. The maximum absolute atomic E-state index is 12.7. The largest absolute Gasteiger partial charge is 0.291 e. The summed E-state index contributed by atoms with van der Waals surface area (Å²) < 4.78 is 30.0. The van der Waals surface area contributed by atoms with Crippen LogP contribution in [0, 0.1) is 0 Å². The van der Waals surface area contributed by atoms with Crippen molar-refractivity contribution >= 4 is 66.3 Å². The first kappa shape index (κ1) is 24.0. The zero-order valence-corrected chi connectivity index (χ0v) is 21.5. The van der Waals surface area contributed by atoms with E-state index in [1.54, 1.807) is 36.4 Å². The first-order chi connectivity index (χ1) is 16.8. The fraction of sp³-hybridized carbons (Fsp3) is 0.208. The van der Waals surface area contributed by atoms with Gasteiger partial charge in [0, 0.05) is 16.5 Å². The summed E-state index contributed by atoms with van der Waals surface area (Å²) in [6.45, 7) is 0.459. The highest BCUT2D eigenvalue weighted by Crippen LogP contribution is 2.32. The summed E-state index contributed by atoms with van der Waals surface area (Å²) in [4.78, 5) is 16.7. The van der Waals surface area contributed by atoms with Crippen molar-refractivity contribution in [3.05, 3.63) is 81.6 Å². The van der Waals surface area contributed by atoms with Crippen molar-refractivity contribution in [3.63, 3.8) is 0 Å². The highest BCUT2D eigenvalue weighted by Gasteiger charge is 2.23. The predicted octanol–water partition coefficient (Wildman–Crippen LogP) is 5.46. The maximum atomic E-state index is 12.7. The van der Waals surface area contributed by atoms with Gasteiger partial charge in [-0.1, -0.05) is 47.5 Å². The Bertz CT molecular complexity index is 1540. The number of amides is 1. The lowest BCUT2D eigenvalue weighted by Gasteiger charge is -2.18. The van der Waals surface area contributed by atoms with Crippen molar-refractivity contribution in [1.29, 1.82) is 0 Å². The van der Waals surface area contributed by atoms with Crippen molar-refractivity contribution < 1.29 is 13.2 Å². The highest BCUT2D eigenvalue weighted by molar-refractivity contribution is 7.92. The SMILES string of the molecule is O=C(C/C=C1\CCCc2cnn(Cc3ccc(Cl)cc3Cl)c21)NS(=O)(=O)c1nc2ccccc2s1. The van der Waals surface area contributed by atoms with E-state index in [1.165, 1.54) is 0 Å². The zero-order chi connectivity index (χ0) is 24.6. The molecule has 11 heteroatoms. The minimum atomic E-state index is -4.05. The molecule has 1 N–H and O–H groups in total. The molecule has 0 saturated heterocycles. The Morgan fingerprint density at radius 2 is 2.00 bits per heavy atom. The summed E-state index contributed by atoms with van der Waals surface area (Å²) in [5.41, 5.74) is 4.46. The van der Waals surface area contributed by atoms with Crippen LogP contribution in [0.3, 0.4) is 0 Å². The van der Waals surface area contributed by atoms with Crippen LogP contribution < -0.4 is 4.72 Å². The average Bonchev–Trinajstić information content (AvgIpc) is 3.44. The Balaban J connectivity index is 1.34. The number of nitrogens with one attached hydrogen (secondary N) is 1. The van der Waals surface area contributed by atoms with Gasteiger partial charge in [-0.05, 0) is 60.2 Å². The van der Waals surface area contributed by atoms with Crippen LogP contribution in [0.25, 0.3) is 15.8 Å². The molecule has 0 bridgehead atoms. The number of carbonyl (C=O) groups excluding carboxylic acids is 1. The number of aryl methyl sites for hydroxylation is 1. The van der Waals surface area contributed by atoms with Gasteiger partial charge in [-0.15, -0.1) is 11.3 Å². The van der Waals surface area contributed by atoms with Crippen LogP contribution in [0.1, 0.15) is 36.1 Å². The molecule has 7 nitrogen and oxygen atoms in total. The Morgan fingerprint density at radius 3 is 2.80 bits per heavy atom. The van der Waals surface area contributed by atoms with E-state index in [9.17, 15) is 13.2 Å². The van der Waals surface area contributed by atoms with E-state index in [0.717, 1.165) is 57.7 Å². The van der Waals surface area contributed by atoms with E-state index in [1.807, 2.05) is 23.0 Å². The van der Waals surface area contributed by atoms with E-state index in [-0.39, 0.29) is 10.8 Å². The fourth-order valence-corrected chi connectivity index (χ4v) is 6.80. The molecule has 1 amide bonds. The van der Waals surface area contributed by atoms with Gasteiger partial charge < -0.3 is 0 Å². The molecule has 0 saturated carbocycles. The molecule has 1 aliphatic rings. The number of hydrogen-bond donors (Lipinski definition) is 1. The van der Waals surface area contributed by atoms with Gasteiger partial charge in [0.2, 0.25) is 10.2 Å². The monoisotopic (exact) mass is 546 g/mol. The first-order valence-electron chi connectivity index (χ1n) is 10.9. The summed E-state index contributed by atoms with van der Waals surface area (Å²) in [6.07, 6.45) is 6.13. The molecular weight excluding hydrogens is 527 g/mol. The Labute approximate surface area is 216 Å². The molecule has 2 aromatic heterocycles. The second kappa shape index (κ2) is 9.73. The quantitative estimate of drug-likeness (QED) is 0.346. The van der Waals surface area contributed by atoms with Crippen LogP contribution in [0.5, 0.6) is 0 Å². The molecule has 0 spiro atoms. The molecule has 1 aliphatic carbocycles. The number of nitrogens with zero attached hydrogens (tertiary/aromatic N) is 3. The average molecular weight is 547 g/mol. The molecule has 5 rings (SSSR count). The standard InChI is InChI=1S/C24H20Cl2N4O3S2/c25-18-10-8-17(19(26)12-18)14-30-23-15(4-3-5-16(23)13-27-30)9-11-22(31)29-35(32,33)24-28-20-6-1-2-7-21(20)34-24/h1-2,6-10,12-13H,3-5,11,14H2,(H,29,31)/b15-9+. The number of aromatic nitrogens is 3. The van der Waals surface area contributed by atoms with Crippen LogP contribution in [0.15, 0.2) is 59.1 Å². The number of carbonyl (C=O) groups is 1. The highest BCUT2D eigenvalue weighted by atomic mass is 35.5. The lowest BCUT2D eigenvalue weighted by atomic mass is 9.92. The normalized spacial score (nSPS) is 14.9. The van der Waals surface area contributed by atoms with Gasteiger partial charge in [0.15, 0.2) is 0 Å². The molecule has 35 heavy (non-hydrogen) atoms. The summed E-state index contributed by atoms with van der Waals surface area (Å²) in [5, 5.41) is 5.66. The molecule has 0 radical (unpaired) electrons. The van der Waals surface area contributed by atoms with E-state index in [4.69, 9.17) is 23.2 Å². The number of fused-ring (bicyclic) bond motifs is 2. The number of halogens is 2. The van der Waals surface area contributed by atoms with Gasteiger partial charge in [-0.3, -0.25) is 9.48 Å². The molecule has 0 aliphatic heterocycles. The number of allylic oxidation sites excluding steroid dienone is 1. The van der Waals surface area contributed by atoms with Crippen LogP contribution in [0.4, 0.5) is 0 Å². The topological polar surface area (TPSA) is 94.0 Å². The number of rotatable bonds is 6. The smallest absolute Gasteiger partial charge is 0.274 e. The van der Waals surface area contributed by atoms with Crippen molar-refractivity contribution in [3.8, 4) is 0 Å². The second-order valence-electron chi connectivity index (χ2n) is 8.18. The van der Waals surface area contributed by atoms with Crippen molar-refractivity contribution in [2.45, 2.75) is 36.6 Å². The van der Waals surface area contributed by atoms with Crippen molar-refractivity contribution in [2.24, 2.45) is 0 Å². The van der Waals surface area contributed by atoms with Crippen LogP contribution in [-0.2, 0) is 27.8 Å². The predicted molar refractivity (Wildman–Crippen MR) is 138 cm³/mol. The van der Waals surface area contributed by atoms with Gasteiger partial charge in [-0.2, -0.15) is 13.5 Å². The summed E-state index contributed by atoms with van der Waals surface area (Å²) in [5.74, 6) is -0.615. The van der Waals surface area contributed by atoms with Gasteiger partial charge >= 0.3 is 0 Å². The van der Waals surface area contributed by atoms with E-state index < -0.39 is 15.9 Å². The molecule has 2 aromatic carbocycles. The summed E-state index contributed by atoms with van der Waals surface area (Å²) in [7, 11) is -4.05. The van der Waals surface area contributed by atoms with Gasteiger partial charge in [-0.25, -0.2) is 9.71 Å². The third-order valence-corrected chi connectivity index (χ3v) is 9.11. The van der Waals surface area contributed by atoms with Gasteiger partial charge in [0.1, 0.15) is 0 Å². The van der Waals surface area contributed by atoms with Crippen LogP contribution >= 0.6 is 34.5 Å². The van der Waals surface area contributed by atoms with Crippen LogP contribution in [-0.4, -0.2) is 29.1 Å². The molecule has 0 atom stereocenters. The third-order valence-electron chi connectivity index (χ3n) is 5.73. The van der Waals surface area contributed by atoms with Crippen LogP contribution in [0.2, 0.25) is 10.0 Å². The van der Waals surface area contributed by atoms with Gasteiger partial charge in [0.05, 0.1) is 28.7 Å². The minimum absolute atomic E-state index is 0.0776. The van der Waals surface area contributed by atoms with Crippen molar-refractivity contribution in [2.75, 3.05) is 0 Å². The first-order valence-corrected chi connectivity index (χ1v) is 13.9. The number of hydrogen-bond acceptors (Lipinski definition) is 6. The Hall–Kier alpha value is -2.72. The van der Waals surface area contributed by atoms with E-state index in [2.05, 4.69) is 14.8 Å². The lowest BCUT2D eigenvalue weighted by molar-refractivity contribution is -0.118. The number of benzene rings is 2. The fourth-order valence-electron chi connectivity index (χ4n) is 4.11. The zero-order valence-electron chi connectivity index (χ0n) is 18.4. The third kappa shape index (κ3) is 5.13.